The van der Waals surface area contributed by atoms with E-state index in [4.69, 9.17) is 9.47 Å². The Labute approximate surface area is 210 Å². The van der Waals surface area contributed by atoms with Crippen molar-refractivity contribution in [2.24, 2.45) is 0 Å². The lowest BCUT2D eigenvalue weighted by atomic mass is 10.2. The molecule has 0 bridgehead atoms. The molecular weight excluding hydrogens is 480 g/mol. The lowest BCUT2D eigenvalue weighted by Crippen LogP contribution is -2.30. The number of aromatic nitrogens is 4. The Bertz CT molecular complexity index is 1390. The topological polar surface area (TPSA) is 103 Å². The van der Waals surface area contributed by atoms with Crippen LogP contribution in [0.1, 0.15) is 11.1 Å². The fraction of sp³-hybridized carbons (Fsp3) is 0.240. The molecule has 0 atom stereocenters. The van der Waals surface area contributed by atoms with Gasteiger partial charge in [-0.25, -0.2) is 8.42 Å². The largest absolute Gasteiger partial charge is 0.497 e. The summed E-state index contributed by atoms with van der Waals surface area (Å²) in [5.74, 6) is 1.04. The lowest BCUT2D eigenvalue weighted by Gasteiger charge is -2.24. The van der Waals surface area contributed by atoms with Crippen molar-refractivity contribution in [2.45, 2.75) is 18.0 Å². The first-order valence-electron chi connectivity index (χ1n) is 11.1. The van der Waals surface area contributed by atoms with Gasteiger partial charge in [-0.05, 0) is 58.0 Å². The third-order valence-corrected chi connectivity index (χ3v) is 7.50. The van der Waals surface area contributed by atoms with Gasteiger partial charge in [0, 0.05) is 38.9 Å². The predicted molar refractivity (Wildman–Crippen MR) is 136 cm³/mol. The van der Waals surface area contributed by atoms with Crippen molar-refractivity contribution in [2.75, 3.05) is 33.2 Å². The molecule has 11 heteroatoms. The molecule has 0 spiro atoms. The summed E-state index contributed by atoms with van der Waals surface area (Å²) in [7, 11) is 3.08. The van der Waals surface area contributed by atoms with Crippen LogP contribution in [0.4, 0.5) is 5.69 Å². The molecule has 0 unspecified atom stereocenters. The first-order chi connectivity index (χ1) is 17.3. The number of rotatable bonds is 10. The van der Waals surface area contributed by atoms with Crippen molar-refractivity contribution in [1.29, 1.82) is 0 Å². The molecule has 0 saturated heterocycles. The van der Waals surface area contributed by atoms with Crippen LogP contribution in [0.2, 0.25) is 0 Å². The quantitative estimate of drug-likeness (QED) is 0.322. The van der Waals surface area contributed by atoms with E-state index in [1.165, 1.54) is 34.6 Å². The molecule has 1 aromatic heterocycles. The predicted octanol–water partition coefficient (Wildman–Crippen LogP) is 3.14. The average molecular weight is 509 g/mol. The number of anilines is 1. The number of hydrogen-bond donors (Lipinski definition) is 0. The molecule has 0 amide bonds. The van der Waals surface area contributed by atoms with Gasteiger partial charge in [0.25, 0.3) is 0 Å². The Kier molecular flexibility index (Phi) is 7.51. The van der Waals surface area contributed by atoms with Gasteiger partial charge in [0.05, 0.1) is 19.1 Å². The zero-order valence-electron chi connectivity index (χ0n) is 20.6. The fourth-order valence-corrected chi connectivity index (χ4v) is 5.12. The molecule has 188 valence electrons. The van der Waals surface area contributed by atoms with Crippen molar-refractivity contribution in [3.8, 4) is 17.2 Å². The Morgan fingerprint density at radius 1 is 0.861 bits per heavy atom. The van der Waals surface area contributed by atoms with Crippen LogP contribution >= 0.6 is 0 Å². The minimum absolute atomic E-state index is 0.106. The van der Waals surface area contributed by atoms with E-state index in [0.29, 0.717) is 17.2 Å². The Hall–Kier alpha value is -3.96. The number of hydrogen-bond acceptors (Lipinski definition) is 8. The van der Waals surface area contributed by atoms with Crippen molar-refractivity contribution in [3.05, 3.63) is 84.2 Å². The maximum absolute atomic E-state index is 13.9. The van der Waals surface area contributed by atoms with Gasteiger partial charge in [-0.15, -0.1) is 5.10 Å². The fourth-order valence-electron chi connectivity index (χ4n) is 3.69. The molecule has 4 rings (SSSR count). The smallest absolute Gasteiger partial charge is 0.243 e. The summed E-state index contributed by atoms with van der Waals surface area (Å²) in [6, 6.07) is 19.8. The lowest BCUT2D eigenvalue weighted by molar-refractivity contribution is 0.396. The summed E-state index contributed by atoms with van der Waals surface area (Å²) in [6.45, 7) is 0.373. The molecule has 0 aliphatic rings. The van der Waals surface area contributed by atoms with E-state index in [1.54, 1.807) is 13.2 Å². The highest BCUT2D eigenvalue weighted by atomic mass is 32.2. The van der Waals surface area contributed by atoms with Gasteiger partial charge in [-0.3, -0.25) is 0 Å². The average Bonchev–Trinajstić information content (AvgIpc) is 3.43. The Morgan fingerprint density at radius 3 is 2.03 bits per heavy atom. The van der Waals surface area contributed by atoms with E-state index in [2.05, 4.69) is 15.5 Å². The molecule has 4 aromatic rings. The summed E-state index contributed by atoms with van der Waals surface area (Å²) in [5.41, 5.74) is 3.27. The van der Waals surface area contributed by atoms with E-state index < -0.39 is 10.0 Å². The van der Waals surface area contributed by atoms with Crippen LogP contribution in [-0.2, 0) is 23.1 Å². The maximum atomic E-state index is 13.9. The second-order valence-electron chi connectivity index (χ2n) is 8.27. The SMILES string of the molecule is COc1ccc(CN(Cc2ccc(N(C)C)cc2)S(=O)(=O)c2ccc(-n3cnnn3)c(OC)c2)cc1. The molecule has 0 aliphatic heterocycles. The summed E-state index contributed by atoms with van der Waals surface area (Å²) in [6.07, 6.45) is 1.42. The molecule has 1 heterocycles. The number of ether oxygens (including phenoxy) is 2. The molecule has 0 aliphatic carbocycles. The van der Waals surface area contributed by atoms with Crippen molar-refractivity contribution in [1.82, 2.24) is 24.5 Å². The molecule has 0 saturated carbocycles. The van der Waals surface area contributed by atoms with Gasteiger partial charge in [0.2, 0.25) is 10.0 Å². The van der Waals surface area contributed by atoms with Crippen LogP contribution in [0.15, 0.2) is 78.0 Å². The molecule has 3 aromatic carbocycles. The van der Waals surface area contributed by atoms with Gasteiger partial charge < -0.3 is 14.4 Å². The number of tetrazole rings is 1. The van der Waals surface area contributed by atoms with E-state index in [9.17, 15) is 8.42 Å². The number of sulfonamides is 1. The van der Waals surface area contributed by atoms with Gasteiger partial charge in [0.1, 0.15) is 23.5 Å². The van der Waals surface area contributed by atoms with Crippen molar-refractivity contribution < 1.29 is 17.9 Å². The molecule has 10 nitrogen and oxygen atoms in total. The van der Waals surface area contributed by atoms with E-state index in [1.807, 2.05) is 67.5 Å². The highest BCUT2D eigenvalue weighted by Crippen LogP contribution is 2.29. The summed E-state index contributed by atoms with van der Waals surface area (Å²) in [4.78, 5) is 2.10. The zero-order valence-corrected chi connectivity index (χ0v) is 21.4. The molecular formula is C25H28N6O4S. The highest BCUT2D eigenvalue weighted by molar-refractivity contribution is 7.89. The number of benzene rings is 3. The van der Waals surface area contributed by atoms with Crippen LogP contribution in [-0.4, -0.2) is 61.2 Å². The van der Waals surface area contributed by atoms with Crippen LogP contribution in [0.3, 0.4) is 0 Å². The van der Waals surface area contributed by atoms with Crippen LogP contribution in [0.25, 0.3) is 5.69 Å². The summed E-state index contributed by atoms with van der Waals surface area (Å²) < 4.78 is 41.4. The van der Waals surface area contributed by atoms with Gasteiger partial charge in [-0.2, -0.15) is 8.99 Å². The van der Waals surface area contributed by atoms with E-state index in [0.717, 1.165) is 16.8 Å². The normalized spacial score (nSPS) is 11.5. The summed E-state index contributed by atoms with van der Waals surface area (Å²) in [5, 5.41) is 11.1. The van der Waals surface area contributed by atoms with Gasteiger partial charge in [0.15, 0.2) is 0 Å². The van der Waals surface area contributed by atoms with E-state index in [-0.39, 0.29) is 18.0 Å². The number of nitrogens with zero attached hydrogens (tertiary/aromatic N) is 6. The monoisotopic (exact) mass is 508 g/mol. The summed E-state index contributed by atoms with van der Waals surface area (Å²) >= 11 is 0. The minimum atomic E-state index is -3.91. The van der Waals surface area contributed by atoms with Crippen LogP contribution in [0, 0.1) is 0 Å². The van der Waals surface area contributed by atoms with Crippen molar-refractivity contribution in [3.63, 3.8) is 0 Å². The van der Waals surface area contributed by atoms with Gasteiger partial charge in [-0.1, -0.05) is 24.3 Å². The second kappa shape index (κ2) is 10.8. The second-order valence-corrected chi connectivity index (χ2v) is 10.2. The van der Waals surface area contributed by atoms with Crippen LogP contribution in [0.5, 0.6) is 11.5 Å². The molecule has 0 fully saturated rings. The molecule has 36 heavy (non-hydrogen) atoms. The first-order valence-corrected chi connectivity index (χ1v) is 12.6. The van der Waals surface area contributed by atoms with Crippen LogP contribution < -0.4 is 14.4 Å². The highest BCUT2D eigenvalue weighted by Gasteiger charge is 2.27. The standard InChI is InChI=1S/C25H28N6O4S/c1-29(2)21-9-5-19(6-10-21)16-30(17-20-7-11-22(34-3)12-8-20)36(32,33)23-13-14-24(25(15-23)35-4)31-18-26-27-28-31/h5-15,18H,16-17H2,1-4H3. The van der Waals surface area contributed by atoms with E-state index >= 15 is 0 Å². The minimum Gasteiger partial charge on any atom is -0.497 e. The molecule has 0 N–H and O–H groups in total. The third kappa shape index (κ3) is 5.47. The molecule has 0 radical (unpaired) electrons. The maximum Gasteiger partial charge on any atom is 0.243 e. The van der Waals surface area contributed by atoms with Crippen molar-refractivity contribution >= 4 is 15.7 Å². The Balaban J connectivity index is 1.70. The number of methoxy groups -OCH3 is 2. The van der Waals surface area contributed by atoms with Gasteiger partial charge >= 0.3 is 0 Å². The first kappa shape index (κ1) is 25.1. The zero-order chi connectivity index (χ0) is 25.7. The Morgan fingerprint density at radius 2 is 1.50 bits per heavy atom. The third-order valence-electron chi connectivity index (χ3n) is 5.71.